The molecule has 2 aromatic carbocycles. The summed E-state index contributed by atoms with van der Waals surface area (Å²) < 4.78 is 240. The highest BCUT2D eigenvalue weighted by Gasteiger charge is 2.95. The third-order valence-electron chi connectivity index (χ3n) is 9.25. The van der Waals surface area contributed by atoms with E-state index in [-0.39, 0.29) is 83.6 Å². The first kappa shape index (κ1) is 39.7. The van der Waals surface area contributed by atoms with Gasteiger partial charge in [-0.3, -0.25) is 0 Å². The van der Waals surface area contributed by atoms with Crippen molar-refractivity contribution in [2.75, 3.05) is 11.5 Å². The Kier molecular flexibility index (Phi) is 9.31. The highest BCUT2D eigenvalue weighted by atomic mass is 19.4. The second-order valence-corrected chi connectivity index (χ2v) is 13.6. The van der Waals surface area contributed by atoms with Gasteiger partial charge in [0.15, 0.2) is 0 Å². The highest BCUT2D eigenvalue weighted by molar-refractivity contribution is 5.61. The van der Waals surface area contributed by atoms with Gasteiger partial charge in [0, 0.05) is 22.5 Å². The number of hydrogen-bond donors (Lipinski definition) is 2. The molecule has 4 N–H and O–H groups in total. The fraction of sp³-hybridized carbons (Fsp3) is 0.625. The monoisotopic (exact) mass is 748 g/mol. The normalized spacial score (nSPS) is 17.6. The molecule has 282 valence electrons. The molecule has 0 heterocycles. The second-order valence-electron chi connectivity index (χ2n) is 13.6. The van der Waals surface area contributed by atoms with Crippen molar-refractivity contribution < 1.29 is 70.2 Å². The van der Waals surface area contributed by atoms with Gasteiger partial charge in [0.2, 0.25) is 0 Å². The van der Waals surface area contributed by atoms with E-state index in [0.717, 1.165) is 0 Å². The number of benzene rings is 2. The van der Waals surface area contributed by atoms with Crippen LogP contribution in [-0.2, 0) is 11.8 Å². The molecule has 0 amide bonds. The summed E-state index contributed by atoms with van der Waals surface area (Å²) in [5.74, 6) is -65.3. The molecule has 0 spiro atoms. The molecule has 2 saturated carbocycles. The van der Waals surface area contributed by atoms with Crippen molar-refractivity contribution >= 4 is 11.4 Å². The minimum absolute atomic E-state index is 0.101. The van der Waals surface area contributed by atoms with Crippen LogP contribution >= 0.6 is 0 Å². The van der Waals surface area contributed by atoms with Gasteiger partial charge >= 0.3 is 47.4 Å². The fourth-order valence-electron chi connectivity index (χ4n) is 5.73. The Bertz CT molecular complexity index is 1460. The molecule has 2 nitrogen and oxygen atoms in total. The number of nitrogen functional groups attached to an aromatic ring is 2. The van der Waals surface area contributed by atoms with Crippen molar-refractivity contribution in [3.8, 4) is 0 Å². The van der Waals surface area contributed by atoms with Gasteiger partial charge in [-0.15, -0.1) is 0 Å². The molecule has 0 atom stereocenters. The largest absolute Gasteiger partial charge is 0.398 e. The SMILES string of the molecule is CC(C)c1cc(C(F)(F)C(F)(F)C(F)(F)C(F)(F)C(F)(F)C(F)(F)C(F)(F)C(F)(F)c2cc(C(C)C)c(N)c(C3CC3)c2)cc(C2CC2)c1N. The van der Waals surface area contributed by atoms with Crippen LogP contribution in [0.15, 0.2) is 24.3 Å². The summed E-state index contributed by atoms with van der Waals surface area (Å²) in [5.41, 5.74) is 5.57. The number of nitrogens with two attached hydrogens (primary N) is 2. The van der Waals surface area contributed by atoms with Crippen LogP contribution in [0.1, 0.15) is 110 Å². The third-order valence-corrected chi connectivity index (χ3v) is 9.25. The van der Waals surface area contributed by atoms with Crippen molar-refractivity contribution in [1.29, 1.82) is 0 Å². The molecule has 2 aliphatic carbocycles. The molecule has 18 heteroatoms. The molecule has 4 rings (SSSR count). The van der Waals surface area contributed by atoms with Crippen LogP contribution < -0.4 is 11.5 Å². The van der Waals surface area contributed by atoms with Crippen molar-refractivity contribution in [3.63, 3.8) is 0 Å². The zero-order valence-electron chi connectivity index (χ0n) is 26.6. The summed E-state index contributed by atoms with van der Waals surface area (Å²) in [6.07, 6.45) is 0.994. The summed E-state index contributed by atoms with van der Waals surface area (Å²) in [6.45, 7) is 5.13. The molecule has 50 heavy (non-hydrogen) atoms. The zero-order valence-corrected chi connectivity index (χ0v) is 26.6. The molecule has 2 aliphatic rings. The van der Waals surface area contributed by atoms with Crippen LogP contribution in [0, 0.1) is 0 Å². The summed E-state index contributed by atoms with van der Waals surface area (Å²) in [5, 5.41) is 0. The zero-order chi connectivity index (χ0) is 38.6. The Morgan fingerprint density at radius 1 is 0.440 bits per heavy atom. The Morgan fingerprint density at radius 3 is 0.900 bits per heavy atom. The van der Waals surface area contributed by atoms with E-state index in [9.17, 15) is 35.1 Å². The Morgan fingerprint density at radius 2 is 0.680 bits per heavy atom. The first-order valence-corrected chi connectivity index (χ1v) is 15.3. The highest BCUT2D eigenvalue weighted by Crippen LogP contribution is 2.66. The Balaban J connectivity index is 1.82. The van der Waals surface area contributed by atoms with Crippen molar-refractivity contribution in [2.24, 2.45) is 0 Å². The number of halogens is 16. The van der Waals surface area contributed by atoms with Gasteiger partial charge in [0.05, 0.1) is 0 Å². The lowest BCUT2D eigenvalue weighted by Crippen LogP contribution is -2.74. The van der Waals surface area contributed by atoms with Crippen molar-refractivity contribution in [2.45, 2.75) is 124 Å². The minimum atomic E-state index is -8.52. The van der Waals surface area contributed by atoms with E-state index in [1.807, 2.05) is 0 Å². The van der Waals surface area contributed by atoms with E-state index in [1.54, 1.807) is 0 Å². The number of rotatable bonds is 13. The number of alkyl halides is 16. The maximum atomic E-state index is 15.3. The molecule has 0 bridgehead atoms. The predicted octanol–water partition coefficient (Wildman–Crippen LogP) is 11.5. The average molecular weight is 749 g/mol. The van der Waals surface area contributed by atoms with E-state index < -0.39 is 82.2 Å². The molecule has 0 aliphatic heterocycles. The summed E-state index contributed by atoms with van der Waals surface area (Å²) >= 11 is 0. The topological polar surface area (TPSA) is 52.0 Å². The fourth-order valence-corrected chi connectivity index (χ4v) is 5.73. The van der Waals surface area contributed by atoms with Crippen LogP contribution in [0.3, 0.4) is 0 Å². The number of hydrogen-bond acceptors (Lipinski definition) is 2. The minimum Gasteiger partial charge on any atom is -0.398 e. The van der Waals surface area contributed by atoms with Crippen LogP contribution in [0.5, 0.6) is 0 Å². The summed E-state index contributed by atoms with van der Waals surface area (Å²) in [6, 6.07) is 0.472. The van der Waals surface area contributed by atoms with Gasteiger partial charge in [-0.05, 0) is 95.9 Å². The molecular weight excluding hydrogens is 716 g/mol. The van der Waals surface area contributed by atoms with Crippen LogP contribution in [0.2, 0.25) is 0 Å². The molecule has 0 aromatic heterocycles. The van der Waals surface area contributed by atoms with Crippen molar-refractivity contribution in [1.82, 2.24) is 0 Å². The van der Waals surface area contributed by atoms with Crippen LogP contribution in [-0.4, -0.2) is 35.5 Å². The maximum absolute atomic E-state index is 15.3. The smallest absolute Gasteiger partial charge is 0.385 e. The van der Waals surface area contributed by atoms with Crippen LogP contribution in [0.25, 0.3) is 0 Å². The van der Waals surface area contributed by atoms with E-state index in [4.69, 9.17) is 11.5 Å². The standard InChI is InChI=1S/C32H32F16N2/c1-13(2)19-9-17(11-21(23(19)49)15-5-6-15)25(33,34)27(37,38)29(41,42)31(45,46)32(47,48)30(43,44)28(39,40)26(35,36)18-10-20(14(3)4)24(50)22(12-18)16-7-8-16/h9-16H,5-8,49-50H2,1-4H3. The van der Waals surface area contributed by atoms with Gasteiger partial charge in [0.1, 0.15) is 0 Å². The lowest BCUT2D eigenvalue weighted by atomic mass is 9.83. The molecular formula is C32H32F16N2. The average Bonchev–Trinajstić information content (AvgIpc) is 3.90. The Hall–Kier alpha value is -3.08. The van der Waals surface area contributed by atoms with E-state index in [2.05, 4.69) is 0 Å². The quantitative estimate of drug-likeness (QED) is 0.158. The predicted molar refractivity (Wildman–Crippen MR) is 151 cm³/mol. The summed E-state index contributed by atoms with van der Waals surface area (Å²) in [4.78, 5) is 0. The van der Waals surface area contributed by atoms with E-state index in [1.165, 1.54) is 27.7 Å². The number of anilines is 2. The van der Waals surface area contributed by atoms with E-state index >= 15 is 35.1 Å². The second kappa shape index (κ2) is 11.7. The lowest BCUT2D eigenvalue weighted by Gasteiger charge is -2.44. The lowest BCUT2D eigenvalue weighted by molar-refractivity contribution is -0.456. The maximum Gasteiger partial charge on any atom is 0.385 e. The first-order chi connectivity index (χ1) is 22.4. The Labute approximate surface area is 275 Å². The van der Waals surface area contributed by atoms with Gasteiger partial charge < -0.3 is 11.5 Å². The van der Waals surface area contributed by atoms with Crippen LogP contribution in [0.4, 0.5) is 81.6 Å². The summed E-state index contributed by atoms with van der Waals surface area (Å²) in [7, 11) is 0. The van der Waals surface area contributed by atoms with Gasteiger partial charge in [-0.2, -0.15) is 70.2 Å². The first-order valence-electron chi connectivity index (χ1n) is 15.3. The molecule has 2 fully saturated rings. The van der Waals surface area contributed by atoms with E-state index in [0.29, 0.717) is 0 Å². The van der Waals surface area contributed by atoms with Gasteiger partial charge in [0.25, 0.3) is 0 Å². The van der Waals surface area contributed by atoms with Gasteiger partial charge in [-0.25, -0.2) is 0 Å². The van der Waals surface area contributed by atoms with Crippen molar-refractivity contribution in [3.05, 3.63) is 57.6 Å². The molecule has 0 radical (unpaired) electrons. The molecule has 2 aromatic rings. The van der Waals surface area contributed by atoms with Gasteiger partial charge in [-0.1, -0.05) is 27.7 Å². The molecule has 0 saturated heterocycles. The third kappa shape index (κ3) is 5.46. The molecule has 0 unspecified atom stereocenters.